The second-order valence-electron chi connectivity index (χ2n) is 5.51. The molecule has 0 spiro atoms. The fourth-order valence-corrected chi connectivity index (χ4v) is 2.52. The van der Waals surface area contributed by atoms with E-state index < -0.39 is 0 Å². The van der Waals surface area contributed by atoms with Gasteiger partial charge in [-0.05, 0) is 13.3 Å². The third-order valence-electron chi connectivity index (χ3n) is 4.00. The first-order valence-corrected chi connectivity index (χ1v) is 6.86. The molecule has 1 aromatic heterocycles. The van der Waals surface area contributed by atoms with Crippen molar-refractivity contribution < 1.29 is 9.15 Å². The van der Waals surface area contributed by atoms with Gasteiger partial charge in [0.05, 0.1) is 18.8 Å². The Hall–Kier alpha value is -0.870. The van der Waals surface area contributed by atoms with Crippen molar-refractivity contribution >= 4 is 0 Å². The fraction of sp³-hybridized carbons (Fsp3) is 0.786. The Morgan fingerprint density at radius 3 is 2.83 bits per heavy atom. The lowest BCUT2D eigenvalue weighted by molar-refractivity contribution is -0.114. The van der Waals surface area contributed by atoms with Crippen LogP contribution >= 0.6 is 0 Å². The first-order chi connectivity index (χ1) is 8.57. The van der Waals surface area contributed by atoms with Gasteiger partial charge in [0.2, 0.25) is 5.89 Å². The van der Waals surface area contributed by atoms with E-state index in [1.807, 2.05) is 6.20 Å². The van der Waals surface area contributed by atoms with Crippen molar-refractivity contribution in [3.05, 3.63) is 17.8 Å². The first-order valence-electron chi connectivity index (χ1n) is 6.86. The normalized spacial score (nSPS) is 26.0. The maximum atomic E-state index is 5.72. The van der Waals surface area contributed by atoms with Crippen LogP contribution in [0.2, 0.25) is 0 Å². The lowest BCUT2D eigenvalue weighted by atomic mass is 9.64. The molecular formula is C14H24N2O2. The number of oxazole rings is 1. The molecule has 1 saturated carbocycles. The molecule has 1 N–H and O–H groups in total. The van der Waals surface area contributed by atoms with Gasteiger partial charge in [0.1, 0.15) is 5.76 Å². The summed E-state index contributed by atoms with van der Waals surface area (Å²) >= 11 is 0. The topological polar surface area (TPSA) is 47.3 Å². The highest BCUT2D eigenvalue weighted by molar-refractivity contribution is 5.03. The highest BCUT2D eigenvalue weighted by atomic mass is 16.5. The zero-order valence-electron chi connectivity index (χ0n) is 11.8. The van der Waals surface area contributed by atoms with Gasteiger partial charge in [0.15, 0.2) is 0 Å². The van der Waals surface area contributed by atoms with Crippen LogP contribution in [0.5, 0.6) is 0 Å². The summed E-state index contributed by atoms with van der Waals surface area (Å²) < 4.78 is 11.3. The van der Waals surface area contributed by atoms with Gasteiger partial charge in [0.25, 0.3) is 0 Å². The SMILES string of the molecule is CCOC1CC(NCc2ncc(CC)o2)C1(C)C. The molecule has 1 aromatic rings. The largest absolute Gasteiger partial charge is 0.444 e. The van der Waals surface area contributed by atoms with Gasteiger partial charge < -0.3 is 14.5 Å². The molecular weight excluding hydrogens is 228 g/mol. The fourth-order valence-electron chi connectivity index (χ4n) is 2.52. The highest BCUT2D eigenvalue weighted by Gasteiger charge is 2.48. The molecule has 0 bridgehead atoms. The number of hydrogen-bond acceptors (Lipinski definition) is 4. The number of aryl methyl sites for hydroxylation is 1. The van der Waals surface area contributed by atoms with Gasteiger partial charge in [-0.2, -0.15) is 0 Å². The van der Waals surface area contributed by atoms with Crippen molar-refractivity contribution in [2.75, 3.05) is 6.61 Å². The molecule has 2 unspecified atom stereocenters. The van der Waals surface area contributed by atoms with E-state index in [0.717, 1.165) is 31.1 Å². The highest BCUT2D eigenvalue weighted by Crippen LogP contribution is 2.42. The van der Waals surface area contributed by atoms with Crippen LogP contribution in [0.25, 0.3) is 0 Å². The van der Waals surface area contributed by atoms with Crippen LogP contribution in [-0.4, -0.2) is 23.7 Å². The summed E-state index contributed by atoms with van der Waals surface area (Å²) in [5, 5.41) is 3.52. The van der Waals surface area contributed by atoms with Crippen molar-refractivity contribution in [3.63, 3.8) is 0 Å². The summed E-state index contributed by atoms with van der Waals surface area (Å²) in [6.45, 7) is 10.1. The van der Waals surface area contributed by atoms with E-state index in [1.165, 1.54) is 0 Å². The molecule has 1 aliphatic carbocycles. The molecule has 4 heteroatoms. The summed E-state index contributed by atoms with van der Waals surface area (Å²) in [7, 11) is 0. The van der Waals surface area contributed by atoms with Gasteiger partial charge in [0, 0.05) is 24.5 Å². The average molecular weight is 252 g/mol. The lowest BCUT2D eigenvalue weighted by Crippen LogP contribution is -2.60. The molecule has 102 valence electrons. The Morgan fingerprint density at radius 2 is 2.28 bits per heavy atom. The van der Waals surface area contributed by atoms with E-state index in [9.17, 15) is 0 Å². The van der Waals surface area contributed by atoms with E-state index in [2.05, 4.69) is 38.0 Å². The van der Waals surface area contributed by atoms with E-state index in [0.29, 0.717) is 18.7 Å². The van der Waals surface area contributed by atoms with Gasteiger partial charge >= 0.3 is 0 Å². The smallest absolute Gasteiger partial charge is 0.208 e. The Labute approximate surface area is 109 Å². The van der Waals surface area contributed by atoms with E-state index in [4.69, 9.17) is 9.15 Å². The second kappa shape index (κ2) is 5.41. The van der Waals surface area contributed by atoms with Crippen molar-refractivity contribution in [1.82, 2.24) is 10.3 Å². The van der Waals surface area contributed by atoms with Crippen LogP contribution in [0.3, 0.4) is 0 Å². The zero-order chi connectivity index (χ0) is 13.2. The second-order valence-corrected chi connectivity index (χ2v) is 5.51. The Kier molecular flexibility index (Phi) is 4.07. The lowest BCUT2D eigenvalue weighted by Gasteiger charge is -2.51. The van der Waals surface area contributed by atoms with Crippen molar-refractivity contribution in [1.29, 1.82) is 0 Å². The van der Waals surface area contributed by atoms with Crippen molar-refractivity contribution in [2.45, 2.75) is 59.2 Å². The van der Waals surface area contributed by atoms with Gasteiger partial charge in [-0.3, -0.25) is 0 Å². The molecule has 1 heterocycles. The van der Waals surface area contributed by atoms with Crippen LogP contribution in [-0.2, 0) is 17.7 Å². The predicted molar refractivity (Wildman–Crippen MR) is 70.3 cm³/mol. The number of nitrogens with one attached hydrogen (secondary N) is 1. The average Bonchev–Trinajstić information content (AvgIpc) is 2.80. The summed E-state index contributed by atoms with van der Waals surface area (Å²) in [4.78, 5) is 4.26. The standard InChI is InChI=1S/C14H24N2O2/c1-5-10-8-16-13(18-10)9-15-11-7-12(17-6-2)14(11,3)4/h8,11-12,15H,5-7,9H2,1-4H3. The molecule has 2 rings (SSSR count). The minimum atomic E-state index is 0.191. The first kappa shape index (κ1) is 13.6. The molecule has 1 fully saturated rings. The van der Waals surface area contributed by atoms with Gasteiger partial charge in [-0.15, -0.1) is 0 Å². The molecule has 0 amide bonds. The number of hydrogen-bond donors (Lipinski definition) is 1. The minimum Gasteiger partial charge on any atom is -0.444 e. The van der Waals surface area contributed by atoms with E-state index >= 15 is 0 Å². The van der Waals surface area contributed by atoms with Crippen LogP contribution in [0.4, 0.5) is 0 Å². The minimum absolute atomic E-state index is 0.191. The summed E-state index contributed by atoms with van der Waals surface area (Å²) in [5.74, 6) is 1.73. The summed E-state index contributed by atoms with van der Waals surface area (Å²) in [5.41, 5.74) is 0.191. The summed E-state index contributed by atoms with van der Waals surface area (Å²) in [6, 6.07) is 0.478. The number of aromatic nitrogens is 1. The van der Waals surface area contributed by atoms with Crippen molar-refractivity contribution in [3.8, 4) is 0 Å². The predicted octanol–water partition coefficient (Wildman–Crippen LogP) is 2.53. The van der Waals surface area contributed by atoms with Gasteiger partial charge in [-0.25, -0.2) is 4.98 Å². The molecule has 0 aromatic carbocycles. The molecule has 1 aliphatic rings. The monoisotopic (exact) mass is 252 g/mol. The van der Waals surface area contributed by atoms with Crippen molar-refractivity contribution in [2.24, 2.45) is 5.41 Å². The Morgan fingerprint density at radius 1 is 1.50 bits per heavy atom. The molecule has 0 radical (unpaired) electrons. The van der Waals surface area contributed by atoms with E-state index in [1.54, 1.807) is 0 Å². The third kappa shape index (κ3) is 2.59. The molecule has 2 atom stereocenters. The maximum Gasteiger partial charge on any atom is 0.208 e. The van der Waals surface area contributed by atoms with Crippen LogP contribution < -0.4 is 5.32 Å². The van der Waals surface area contributed by atoms with Crippen LogP contribution in [0.15, 0.2) is 10.6 Å². The molecule has 4 nitrogen and oxygen atoms in total. The number of nitrogens with zero attached hydrogens (tertiary/aromatic N) is 1. The Bertz CT molecular complexity index is 387. The molecule has 18 heavy (non-hydrogen) atoms. The Balaban J connectivity index is 1.81. The molecule has 0 saturated heterocycles. The molecule has 0 aliphatic heterocycles. The zero-order valence-corrected chi connectivity index (χ0v) is 11.8. The van der Waals surface area contributed by atoms with Gasteiger partial charge in [-0.1, -0.05) is 20.8 Å². The number of rotatable bonds is 6. The van der Waals surface area contributed by atoms with E-state index in [-0.39, 0.29) is 5.41 Å². The quantitative estimate of drug-likeness (QED) is 0.845. The summed E-state index contributed by atoms with van der Waals surface area (Å²) in [6.07, 6.45) is 4.15. The third-order valence-corrected chi connectivity index (χ3v) is 4.00. The number of ether oxygens (including phenoxy) is 1. The van der Waals surface area contributed by atoms with Crippen LogP contribution in [0.1, 0.15) is 45.8 Å². The maximum absolute atomic E-state index is 5.72. The van der Waals surface area contributed by atoms with Crippen LogP contribution in [0, 0.1) is 5.41 Å².